The highest BCUT2D eigenvalue weighted by molar-refractivity contribution is 7.92. The van der Waals surface area contributed by atoms with E-state index in [0.29, 0.717) is 16.9 Å². The van der Waals surface area contributed by atoms with Crippen LogP contribution < -0.4 is 10.0 Å². The number of halogens is 1. The Morgan fingerprint density at radius 3 is 2.48 bits per heavy atom. The molecule has 2 aromatic rings. The van der Waals surface area contributed by atoms with Crippen molar-refractivity contribution in [3.63, 3.8) is 0 Å². The molecule has 0 saturated heterocycles. The SMILES string of the molecule is CCN(c1ccccc1N)S(=O)(=O)c1cc(F)ccc1C. The van der Waals surface area contributed by atoms with Crippen molar-refractivity contribution in [3.05, 3.63) is 53.8 Å². The number of rotatable bonds is 4. The second kappa shape index (κ2) is 5.73. The number of anilines is 2. The van der Waals surface area contributed by atoms with Crippen LogP contribution >= 0.6 is 0 Å². The van der Waals surface area contributed by atoms with Crippen LogP contribution in [0.5, 0.6) is 0 Å². The molecule has 0 atom stereocenters. The molecule has 2 N–H and O–H groups in total. The van der Waals surface area contributed by atoms with Crippen molar-refractivity contribution in [1.82, 2.24) is 0 Å². The average Bonchev–Trinajstić information content (AvgIpc) is 2.44. The van der Waals surface area contributed by atoms with Gasteiger partial charge in [0.05, 0.1) is 16.3 Å². The first-order valence-corrected chi connectivity index (χ1v) is 7.95. The van der Waals surface area contributed by atoms with Gasteiger partial charge in [0.2, 0.25) is 0 Å². The van der Waals surface area contributed by atoms with E-state index in [1.165, 1.54) is 16.4 Å². The van der Waals surface area contributed by atoms with Crippen molar-refractivity contribution in [2.24, 2.45) is 0 Å². The number of hydrogen-bond donors (Lipinski definition) is 1. The third kappa shape index (κ3) is 2.85. The van der Waals surface area contributed by atoms with Crippen molar-refractivity contribution < 1.29 is 12.8 Å². The maximum absolute atomic E-state index is 13.4. The van der Waals surface area contributed by atoms with Gasteiger partial charge in [0, 0.05) is 6.54 Å². The molecule has 0 aliphatic heterocycles. The van der Waals surface area contributed by atoms with Gasteiger partial charge in [-0.15, -0.1) is 0 Å². The Hall–Kier alpha value is -2.08. The summed E-state index contributed by atoms with van der Waals surface area (Å²) in [5.41, 5.74) is 7.10. The number of nitrogens with zero attached hydrogens (tertiary/aromatic N) is 1. The van der Waals surface area contributed by atoms with Gasteiger partial charge >= 0.3 is 0 Å². The van der Waals surface area contributed by atoms with E-state index in [1.54, 1.807) is 38.1 Å². The third-order valence-electron chi connectivity index (χ3n) is 3.21. The summed E-state index contributed by atoms with van der Waals surface area (Å²) in [5.74, 6) is -0.587. The highest BCUT2D eigenvalue weighted by atomic mass is 32.2. The predicted octanol–water partition coefficient (Wildman–Crippen LogP) is 2.93. The highest BCUT2D eigenvalue weighted by Crippen LogP contribution is 2.29. The number of para-hydroxylation sites is 2. The molecular formula is C15H17FN2O2S. The lowest BCUT2D eigenvalue weighted by Gasteiger charge is -2.25. The van der Waals surface area contributed by atoms with E-state index >= 15 is 0 Å². The molecule has 0 bridgehead atoms. The van der Waals surface area contributed by atoms with E-state index in [1.807, 2.05) is 0 Å². The van der Waals surface area contributed by atoms with Crippen molar-refractivity contribution in [2.75, 3.05) is 16.6 Å². The Morgan fingerprint density at radius 1 is 1.19 bits per heavy atom. The molecule has 112 valence electrons. The minimum Gasteiger partial charge on any atom is -0.397 e. The monoisotopic (exact) mass is 308 g/mol. The molecule has 21 heavy (non-hydrogen) atoms. The van der Waals surface area contributed by atoms with E-state index in [2.05, 4.69) is 0 Å². The summed E-state index contributed by atoms with van der Waals surface area (Å²) in [7, 11) is -3.87. The van der Waals surface area contributed by atoms with Crippen LogP contribution in [0.4, 0.5) is 15.8 Å². The lowest BCUT2D eigenvalue weighted by molar-refractivity contribution is 0.586. The summed E-state index contributed by atoms with van der Waals surface area (Å²) in [4.78, 5) is -0.0485. The normalized spacial score (nSPS) is 11.4. The molecule has 0 saturated carbocycles. The van der Waals surface area contributed by atoms with Gasteiger partial charge in [-0.25, -0.2) is 12.8 Å². The van der Waals surface area contributed by atoms with E-state index in [0.717, 1.165) is 6.07 Å². The van der Waals surface area contributed by atoms with Crippen LogP contribution in [0.25, 0.3) is 0 Å². The van der Waals surface area contributed by atoms with Crippen LogP contribution in [0.2, 0.25) is 0 Å². The van der Waals surface area contributed by atoms with Crippen LogP contribution in [0.1, 0.15) is 12.5 Å². The van der Waals surface area contributed by atoms with Crippen molar-refractivity contribution in [1.29, 1.82) is 0 Å². The number of benzene rings is 2. The average molecular weight is 308 g/mol. The molecule has 4 nitrogen and oxygen atoms in total. The lowest BCUT2D eigenvalue weighted by Crippen LogP contribution is -2.32. The molecule has 0 fully saturated rings. The molecule has 0 aliphatic rings. The first kappa shape index (κ1) is 15.3. The van der Waals surface area contributed by atoms with Crippen LogP contribution in [0, 0.1) is 12.7 Å². The zero-order chi connectivity index (χ0) is 15.6. The molecule has 0 amide bonds. The van der Waals surface area contributed by atoms with Crippen LogP contribution in [0.3, 0.4) is 0 Å². The molecule has 0 aliphatic carbocycles. The van der Waals surface area contributed by atoms with Gasteiger partial charge in [-0.2, -0.15) is 0 Å². The van der Waals surface area contributed by atoms with Gasteiger partial charge in [0.1, 0.15) is 5.82 Å². The number of nitrogens with two attached hydrogens (primary N) is 1. The standard InChI is InChI=1S/C15H17FN2O2S/c1-3-18(14-7-5-4-6-13(14)17)21(19,20)15-10-12(16)9-8-11(15)2/h4-10H,3,17H2,1-2H3. The molecule has 2 rings (SSSR count). The van der Waals surface area contributed by atoms with Gasteiger partial charge in [-0.05, 0) is 43.7 Å². The zero-order valence-electron chi connectivity index (χ0n) is 11.9. The molecule has 0 unspecified atom stereocenters. The van der Waals surface area contributed by atoms with Crippen LogP contribution in [-0.4, -0.2) is 15.0 Å². The van der Waals surface area contributed by atoms with E-state index in [-0.39, 0.29) is 11.4 Å². The van der Waals surface area contributed by atoms with Crippen LogP contribution in [-0.2, 0) is 10.0 Å². The van der Waals surface area contributed by atoms with Gasteiger partial charge in [-0.3, -0.25) is 4.31 Å². The zero-order valence-corrected chi connectivity index (χ0v) is 12.7. The number of hydrogen-bond acceptors (Lipinski definition) is 3. The fourth-order valence-corrected chi connectivity index (χ4v) is 3.89. The van der Waals surface area contributed by atoms with E-state index in [9.17, 15) is 12.8 Å². The summed E-state index contributed by atoms with van der Waals surface area (Å²) in [6.07, 6.45) is 0. The fraction of sp³-hybridized carbons (Fsp3) is 0.200. The first-order chi connectivity index (χ1) is 9.87. The Balaban J connectivity index is 2.61. The molecule has 0 heterocycles. The number of aryl methyl sites for hydroxylation is 1. The van der Waals surface area contributed by atoms with Gasteiger partial charge in [-0.1, -0.05) is 18.2 Å². The Bertz CT molecular complexity index is 760. The Morgan fingerprint density at radius 2 is 1.86 bits per heavy atom. The molecule has 0 aromatic heterocycles. The van der Waals surface area contributed by atoms with Gasteiger partial charge < -0.3 is 5.73 Å². The quantitative estimate of drug-likeness (QED) is 0.883. The largest absolute Gasteiger partial charge is 0.397 e. The maximum atomic E-state index is 13.4. The molecule has 0 spiro atoms. The second-order valence-corrected chi connectivity index (χ2v) is 6.47. The maximum Gasteiger partial charge on any atom is 0.264 e. The topological polar surface area (TPSA) is 63.4 Å². The summed E-state index contributed by atoms with van der Waals surface area (Å²) in [5, 5.41) is 0. The second-order valence-electron chi connectivity index (χ2n) is 4.64. The Kier molecular flexibility index (Phi) is 4.18. The predicted molar refractivity (Wildman–Crippen MR) is 82.2 cm³/mol. The summed E-state index contributed by atoms with van der Waals surface area (Å²) in [6, 6.07) is 10.4. The molecule has 0 radical (unpaired) electrons. The summed E-state index contributed by atoms with van der Waals surface area (Å²) < 4.78 is 40.2. The smallest absolute Gasteiger partial charge is 0.264 e. The summed E-state index contributed by atoms with van der Waals surface area (Å²) in [6.45, 7) is 3.54. The lowest BCUT2D eigenvalue weighted by atomic mass is 10.2. The Labute approximate surface area is 124 Å². The highest BCUT2D eigenvalue weighted by Gasteiger charge is 2.26. The number of sulfonamides is 1. The number of nitrogen functional groups attached to an aromatic ring is 1. The molecule has 6 heteroatoms. The minimum absolute atomic E-state index is 0.0485. The van der Waals surface area contributed by atoms with Crippen molar-refractivity contribution in [2.45, 2.75) is 18.7 Å². The first-order valence-electron chi connectivity index (χ1n) is 6.51. The third-order valence-corrected chi connectivity index (χ3v) is 5.24. The van der Waals surface area contributed by atoms with Crippen molar-refractivity contribution >= 4 is 21.4 Å². The fourth-order valence-electron chi connectivity index (χ4n) is 2.15. The van der Waals surface area contributed by atoms with E-state index < -0.39 is 15.8 Å². The molecular weight excluding hydrogens is 291 g/mol. The summed E-state index contributed by atoms with van der Waals surface area (Å²) >= 11 is 0. The van der Waals surface area contributed by atoms with Crippen LogP contribution in [0.15, 0.2) is 47.4 Å². The van der Waals surface area contributed by atoms with Gasteiger partial charge in [0.25, 0.3) is 10.0 Å². The minimum atomic E-state index is -3.87. The van der Waals surface area contributed by atoms with E-state index in [4.69, 9.17) is 5.73 Å². The van der Waals surface area contributed by atoms with Gasteiger partial charge in [0.15, 0.2) is 0 Å². The van der Waals surface area contributed by atoms with Crippen molar-refractivity contribution in [3.8, 4) is 0 Å². The molecule has 2 aromatic carbocycles.